The summed E-state index contributed by atoms with van der Waals surface area (Å²) < 4.78 is 17.0. The molecule has 4 aromatic rings. The molecule has 14 heteroatoms. The molecule has 4 amide bonds. The van der Waals surface area contributed by atoms with E-state index in [4.69, 9.17) is 14.2 Å². The number of imidazole rings is 1. The zero-order valence-electron chi connectivity index (χ0n) is 32.5. The van der Waals surface area contributed by atoms with E-state index in [9.17, 15) is 24.3 Å². The third-order valence-corrected chi connectivity index (χ3v) is 9.19. The number of alkyl carbamates (subject to hydrolysis) is 1. The SMILES string of the molecule is COc1cc(C(=O)N(C)c2ccc(C)cc2OCCCCCC(=O)N2CCC(O)CC2)ccc1NC(=O)c1cccc2[nH]c(CNC(=O)OC(C)(C)C)nc12. The van der Waals surface area contributed by atoms with Crippen LogP contribution in [0.4, 0.5) is 16.2 Å². The summed E-state index contributed by atoms with van der Waals surface area (Å²) in [7, 11) is 3.14. The van der Waals surface area contributed by atoms with Crippen LogP contribution < -0.4 is 25.0 Å². The largest absolute Gasteiger partial charge is 0.495 e. The maximum Gasteiger partial charge on any atom is 0.408 e. The zero-order valence-corrected chi connectivity index (χ0v) is 32.5. The number of fused-ring (bicyclic) bond motifs is 1. The lowest BCUT2D eigenvalue weighted by Gasteiger charge is -2.29. The van der Waals surface area contributed by atoms with Crippen molar-refractivity contribution in [1.29, 1.82) is 0 Å². The van der Waals surface area contributed by atoms with E-state index in [2.05, 4.69) is 20.6 Å². The Morgan fingerprint density at radius 1 is 1.00 bits per heavy atom. The van der Waals surface area contributed by atoms with Gasteiger partial charge in [0, 0.05) is 32.1 Å². The number of hydrogen-bond donors (Lipinski definition) is 4. The molecule has 0 bridgehead atoms. The number of aliphatic hydroxyl groups is 1. The molecule has 2 heterocycles. The molecule has 0 spiro atoms. The molecule has 4 N–H and O–H groups in total. The van der Waals surface area contributed by atoms with Gasteiger partial charge in [0.2, 0.25) is 5.91 Å². The first-order chi connectivity index (χ1) is 26.2. The first kappa shape index (κ1) is 40.6. The molecule has 14 nitrogen and oxygen atoms in total. The van der Waals surface area contributed by atoms with E-state index in [-0.39, 0.29) is 24.5 Å². The lowest BCUT2D eigenvalue weighted by Crippen LogP contribution is -2.39. The number of ether oxygens (including phenoxy) is 3. The van der Waals surface area contributed by atoms with E-state index in [0.717, 1.165) is 24.8 Å². The highest BCUT2D eigenvalue weighted by atomic mass is 16.6. The van der Waals surface area contributed by atoms with Crippen LogP contribution in [0.3, 0.4) is 0 Å². The first-order valence-corrected chi connectivity index (χ1v) is 18.6. The Morgan fingerprint density at radius 2 is 1.76 bits per heavy atom. The number of para-hydroxylation sites is 1. The molecular weight excluding hydrogens is 704 g/mol. The van der Waals surface area contributed by atoms with Crippen molar-refractivity contribution < 1.29 is 38.5 Å². The van der Waals surface area contributed by atoms with Crippen LogP contribution in [-0.4, -0.2) is 89.3 Å². The van der Waals surface area contributed by atoms with Crippen LogP contribution in [0.5, 0.6) is 11.5 Å². The topological polar surface area (TPSA) is 175 Å². The van der Waals surface area contributed by atoms with E-state index < -0.39 is 17.6 Å². The number of carbonyl (C=O) groups excluding carboxylic acids is 4. The number of piperidine rings is 1. The summed E-state index contributed by atoms with van der Waals surface area (Å²) in [6, 6.07) is 15.6. The van der Waals surface area contributed by atoms with Gasteiger partial charge < -0.3 is 44.7 Å². The molecule has 5 rings (SSSR count). The minimum atomic E-state index is -0.641. The summed E-state index contributed by atoms with van der Waals surface area (Å²) in [5.74, 6) is 0.713. The molecule has 0 unspecified atom stereocenters. The van der Waals surface area contributed by atoms with E-state index in [0.29, 0.717) is 89.8 Å². The number of anilines is 2. The number of carbonyl (C=O) groups is 4. The molecule has 294 valence electrons. The van der Waals surface area contributed by atoms with Crippen LogP contribution in [0.25, 0.3) is 11.0 Å². The summed E-state index contributed by atoms with van der Waals surface area (Å²) in [5.41, 5.74) is 2.99. The molecule has 0 saturated carbocycles. The number of amides is 4. The normalized spacial score (nSPS) is 13.3. The van der Waals surface area contributed by atoms with Gasteiger partial charge in [0.05, 0.1) is 48.8 Å². The quantitative estimate of drug-likeness (QED) is 0.107. The number of nitrogens with zero attached hydrogens (tertiary/aromatic N) is 3. The predicted octanol–water partition coefficient (Wildman–Crippen LogP) is 6.36. The number of aromatic amines is 1. The lowest BCUT2D eigenvalue weighted by atomic mass is 10.1. The molecule has 1 aliphatic heterocycles. The lowest BCUT2D eigenvalue weighted by molar-refractivity contribution is -0.133. The van der Waals surface area contributed by atoms with Crippen molar-refractivity contribution in [2.45, 2.75) is 84.5 Å². The van der Waals surface area contributed by atoms with Crippen LogP contribution >= 0.6 is 0 Å². The standard InChI is InChI=1S/C41H52N6O8/c1-26-14-17-32(34(23-26)54-22-9-7-8-13-36(49)47-20-18-28(48)19-21-47)46(5)39(51)27-15-16-30(33(24-27)53-6)44-38(50)29-11-10-12-31-37(29)45-35(43-31)25-42-40(52)55-41(2,3)4/h10-12,14-17,23-24,28,48H,7-9,13,18-22,25H2,1-6H3,(H,42,52)(H,43,45)(H,44,50). The molecule has 0 radical (unpaired) electrons. The Morgan fingerprint density at radius 3 is 2.49 bits per heavy atom. The van der Waals surface area contributed by atoms with Crippen LogP contribution in [0.1, 0.15) is 91.4 Å². The van der Waals surface area contributed by atoms with Gasteiger partial charge in [-0.3, -0.25) is 14.4 Å². The predicted molar refractivity (Wildman–Crippen MR) is 210 cm³/mol. The maximum absolute atomic E-state index is 13.8. The number of nitrogens with one attached hydrogen (secondary N) is 3. The summed E-state index contributed by atoms with van der Waals surface area (Å²) in [5, 5.41) is 15.2. The summed E-state index contributed by atoms with van der Waals surface area (Å²) in [6.07, 6.45) is 3.20. The average Bonchev–Trinajstić information content (AvgIpc) is 3.58. The van der Waals surface area contributed by atoms with Gasteiger partial charge in [-0.25, -0.2) is 9.78 Å². The smallest absolute Gasteiger partial charge is 0.408 e. The van der Waals surface area contributed by atoms with Crippen molar-refractivity contribution in [2.24, 2.45) is 0 Å². The maximum atomic E-state index is 13.8. The molecular formula is C41H52N6O8. The number of hydrogen-bond acceptors (Lipinski definition) is 9. The average molecular weight is 757 g/mol. The van der Waals surface area contributed by atoms with Crippen molar-refractivity contribution in [1.82, 2.24) is 20.2 Å². The third-order valence-electron chi connectivity index (χ3n) is 9.19. The van der Waals surface area contributed by atoms with Crippen molar-refractivity contribution in [2.75, 3.05) is 44.1 Å². The second kappa shape index (κ2) is 18.1. The second-order valence-electron chi connectivity index (χ2n) is 14.7. The van der Waals surface area contributed by atoms with Crippen molar-refractivity contribution in [3.05, 3.63) is 77.1 Å². The van der Waals surface area contributed by atoms with E-state index >= 15 is 0 Å². The highest BCUT2D eigenvalue weighted by Crippen LogP contribution is 2.32. The summed E-state index contributed by atoms with van der Waals surface area (Å²) in [4.78, 5) is 63.0. The van der Waals surface area contributed by atoms with E-state index in [1.54, 1.807) is 64.2 Å². The number of rotatable bonds is 14. The molecule has 0 atom stereocenters. The number of methoxy groups -OCH3 is 1. The molecule has 3 aromatic carbocycles. The van der Waals surface area contributed by atoms with Gasteiger partial charge in [-0.2, -0.15) is 0 Å². The number of aryl methyl sites for hydroxylation is 1. The minimum Gasteiger partial charge on any atom is -0.495 e. The van der Waals surface area contributed by atoms with Crippen LogP contribution in [-0.2, 0) is 16.1 Å². The Balaban J connectivity index is 1.19. The molecule has 1 aliphatic rings. The fourth-order valence-electron chi connectivity index (χ4n) is 6.27. The highest BCUT2D eigenvalue weighted by molar-refractivity contribution is 6.12. The van der Waals surface area contributed by atoms with E-state index in [1.165, 1.54) is 12.0 Å². The fourth-order valence-corrected chi connectivity index (χ4v) is 6.27. The van der Waals surface area contributed by atoms with Gasteiger partial charge in [0.15, 0.2) is 0 Å². The summed E-state index contributed by atoms with van der Waals surface area (Å²) in [6.45, 7) is 9.02. The minimum absolute atomic E-state index is 0.0782. The first-order valence-electron chi connectivity index (χ1n) is 18.6. The Hall–Kier alpha value is -5.63. The van der Waals surface area contributed by atoms with Crippen molar-refractivity contribution >= 4 is 46.2 Å². The highest BCUT2D eigenvalue weighted by Gasteiger charge is 2.23. The number of likely N-dealkylation sites (tertiary alicyclic amines) is 1. The van der Waals surface area contributed by atoms with Gasteiger partial charge in [0.1, 0.15) is 28.4 Å². The molecule has 1 fully saturated rings. The fraction of sp³-hybridized carbons (Fsp3) is 0.439. The molecule has 55 heavy (non-hydrogen) atoms. The van der Waals surface area contributed by atoms with Gasteiger partial charge in [-0.1, -0.05) is 12.1 Å². The van der Waals surface area contributed by atoms with Crippen LogP contribution in [0.2, 0.25) is 0 Å². The van der Waals surface area contributed by atoms with Crippen molar-refractivity contribution in [3.8, 4) is 11.5 Å². The summed E-state index contributed by atoms with van der Waals surface area (Å²) >= 11 is 0. The molecule has 1 aromatic heterocycles. The Kier molecular flexibility index (Phi) is 13.4. The Bertz CT molecular complexity index is 2000. The van der Waals surface area contributed by atoms with E-state index in [1.807, 2.05) is 30.0 Å². The van der Waals surface area contributed by atoms with Crippen LogP contribution in [0, 0.1) is 6.92 Å². The van der Waals surface area contributed by atoms with Crippen LogP contribution in [0.15, 0.2) is 54.6 Å². The number of aromatic nitrogens is 2. The number of benzene rings is 3. The van der Waals surface area contributed by atoms with Gasteiger partial charge in [-0.15, -0.1) is 0 Å². The van der Waals surface area contributed by atoms with Crippen molar-refractivity contribution in [3.63, 3.8) is 0 Å². The van der Waals surface area contributed by atoms with Gasteiger partial charge >= 0.3 is 6.09 Å². The Labute approximate surface area is 321 Å². The number of unbranched alkanes of at least 4 members (excludes halogenated alkanes) is 2. The molecule has 0 aliphatic carbocycles. The third kappa shape index (κ3) is 11.0. The van der Waals surface area contributed by atoms with Gasteiger partial charge in [0.25, 0.3) is 11.8 Å². The zero-order chi connectivity index (χ0) is 39.7. The molecule has 1 saturated heterocycles. The monoisotopic (exact) mass is 756 g/mol. The number of aliphatic hydroxyl groups excluding tert-OH is 1. The number of H-pyrrole nitrogens is 1. The van der Waals surface area contributed by atoms with Gasteiger partial charge in [-0.05, 0) is 108 Å². The second-order valence-corrected chi connectivity index (χ2v) is 14.7.